The fraction of sp³-hybridized carbons (Fsp3) is 0.444. The first-order chi connectivity index (χ1) is 6.70. The minimum absolute atomic E-state index is 0.103. The average molecular weight is 209 g/mol. The van der Waals surface area contributed by atoms with Gasteiger partial charge in [0, 0.05) is 6.54 Å². The molecular weight excluding hydrogens is 198 g/mol. The lowest BCUT2D eigenvalue weighted by molar-refractivity contribution is 0.0788. The van der Waals surface area contributed by atoms with Gasteiger partial charge in [-0.1, -0.05) is 0 Å². The first-order valence-electron chi connectivity index (χ1n) is 4.27. The molecule has 0 aromatic carbocycles. The second kappa shape index (κ2) is 4.72. The molecule has 0 N–H and O–H groups in total. The summed E-state index contributed by atoms with van der Waals surface area (Å²) in [5, 5.41) is 8.53. The third kappa shape index (κ3) is 2.09. The number of carbonyl (C=O) groups is 1. The standard InChI is InChI=1S/C9H11N3OS/c1-3-12(5-4-10)9(13)8-7(2)11-6-14-8/h6H,3,5H2,1-2H3. The fourth-order valence-corrected chi connectivity index (χ4v) is 1.83. The molecule has 1 rings (SSSR count). The number of nitrogens with zero attached hydrogens (tertiary/aromatic N) is 3. The van der Waals surface area contributed by atoms with Crippen molar-refractivity contribution in [1.82, 2.24) is 9.88 Å². The molecule has 0 unspecified atom stereocenters. The fourth-order valence-electron chi connectivity index (χ4n) is 1.06. The summed E-state index contributed by atoms with van der Waals surface area (Å²) in [5.41, 5.74) is 2.37. The molecule has 1 aromatic rings. The van der Waals surface area contributed by atoms with Gasteiger partial charge in [0.25, 0.3) is 5.91 Å². The number of aryl methyl sites for hydroxylation is 1. The maximum Gasteiger partial charge on any atom is 0.266 e. The van der Waals surface area contributed by atoms with E-state index in [0.717, 1.165) is 5.69 Å². The predicted octanol–water partition coefficient (Wildman–Crippen LogP) is 1.44. The van der Waals surface area contributed by atoms with E-state index in [4.69, 9.17) is 5.26 Å². The minimum atomic E-state index is -0.103. The van der Waals surface area contributed by atoms with Gasteiger partial charge in [-0.2, -0.15) is 5.26 Å². The van der Waals surface area contributed by atoms with Crippen LogP contribution in [-0.2, 0) is 0 Å². The van der Waals surface area contributed by atoms with E-state index in [1.165, 1.54) is 16.2 Å². The van der Waals surface area contributed by atoms with Crippen LogP contribution in [0.4, 0.5) is 0 Å². The second-order valence-electron chi connectivity index (χ2n) is 2.74. The van der Waals surface area contributed by atoms with Crippen molar-refractivity contribution in [1.29, 1.82) is 5.26 Å². The van der Waals surface area contributed by atoms with Gasteiger partial charge in [-0.15, -0.1) is 11.3 Å². The highest BCUT2D eigenvalue weighted by atomic mass is 32.1. The zero-order valence-corrected chi connectivity index (χ0v) is 8.97. The molecule has 0 saturated carbocycles. The topological polar surface area (TPSA) is 57.0 Å². The molecule has 0 radical (unpaired) electrons. The maximum absolute atomic E-state index is 11.8. The van der Waals surface area contributed by atoms with Gasteiger partial charge in [0.15, 0.2) is 0 Å². The van der Waals surface area contributed by atoms with Crippen molar-refractivity contribution in [2.24, 2.45) is 0 Å². The van der Waals surface area contributed by atoms with Crippen molar-refractivity contribution in [3.63, 3.8) is 0 Å². The SMILES string of the molecule is CCN(CC#N)C(=O)c1scnc1C. The molecule has 0 fully saturated rings. The predicted molar refractivity (Wildman–Crippen MR) is 54.0 cm³/mol. The van der Waals surface area contributed by atoms with E-state index in [1.54, 1.807) is 12.4 Å². The zero-order chi connectivity index (χ0) is 10.6. The van der Waals surface area contributed by atoms with Gasteiger partial charge in [0.2, 0.25) is 0 Å². The summed E-state index contributed by atoms with van der Waals surface area (Å²) in [6, 6.07) is 1.97. The average Bonchev–Trinajstić information content (AvgIpc) is 2.59. The summed E-state index contributed by atoms with van der Waals surface area (Å²) >= 11 is 1.32. The molecule has 74 valence electrons. The van der Waals surface area contributed by atoms with Crippen LogP contribution in [0.3, 0.4) is 0 Å². The number of aromatic nitrogens is 1. The highest BCUT2D eigenvalue weighted by Gasteiger charge is 2.17. The second-order valence-corrected chi connectivity index (χ2v) is 3.60. The Morgan fingerprint density at radius 3 is 2.93 bits per heavy atom. The van der Waals surface area contributed by atoms with Gasteiger partial charge >= 0.3 is 0 Å². The number of hydrogen-bond donors (Lipinski definition) is 0. The van der Waals surface area contributed by atoms with Crippen LogP contribution in [0.5, 0.6) is 0 Å². The van der Waals surface area contributed by atoms with Crippen LogP contribution >= 0.6 is 11.3 Å². The van der Waals surface area contributed by atoms with E-state index in [-0.39, 0.29) is 12.5 Å². The molecule has 5 heteroatoms. The maximum atomic E-state index is 11.8. The minimum Gasteiger partial charge on any atom is -0.325 e. The van der Waals surface area contributed by atoms with Crippen LogP contribution in [0, 0.1) is 18.3 Å². The number of nitriles is 1. The number of hydrogen-bond acceptors (Lipinski definition) is 4. The molecule has 0 aliphatic rings. The van der Waals surface area contributed by atoms with Crippen LogP contribution in [0.1, 0.15) is 22.3 Å². The van der Waals surface area contributed by atoms with Gasteiger partial charge in [-0.3, -0.25) is 4.79 Å². The Morgan fingerprint density at radius 1 is 1.79 bits per heavy atom. The highest BCUT2D eigenvalue weighted by Crippen LogP contribution is 2.14. The van der Waals surface area contributed by atoms with Gasteiger partial charge in [-0.05, 0) is 13.8 Å². The summed E-state index contributed by atoms with van der Waals surface area (Å²) in [7, 11) is 0. The largest absolute Gasteiger partial charge is 0.325 e. The number of carbonyl (C=O) groups excluding carboxylic acids is 1. The Hall–Kier alpha value is -1.41. The zero-order valence-electron chi connectivity index (χ0n) is 8.15. The van der Waals surface area contributed by atoms with Gasteiger partial charge in [-0.25, -0.2) is 4.98 Å². The van der Waals surface area contributed by atoms with Crippen LogP contribution in [-0.4, -0.2) is 28.9 Å². The smallest absolute Gasteiger partial charge is 0.266 e. The first-order valence-corrected chi connectivity index (χ1v) is 5.15. The van der Waals surface area contributed by atoms with Crippen molar-refractivity contribution in [2.75, 3.05) is 13.1 Å². The lowest BCUT2D eigenvalue weighted by atomic mass is 10.3. The molecule has 4 nitrogen and oxygen atoms in total. The summed E-state index contributed by atoms with van der Waals surface area (Å²) in [5.74, 6) is -0.103. The lowest BCUT2D eigenvalue weighted by Crippen LogP contribution is -2.30. The third-order valence-electron chi connectivity index (χ3n) is 1.87. The number of amides is 1. The Labute approximate surface area is 86.8 Å². The van der Waals surface area contributed by atoms with E-state index in [1.807, 2.05) is 13.0 Å². The Bertz CT molecular complexity index is 366. The summed E-state index contributed by atoms with van der Waals surface area (Å²) in [6.45, 7) is 4.33. The summed E-state index contributed by atoms with van der Waals surface area (Å²) in [4.78, 5) is 17.9. The van der Waals surface area contributed by atoms with Crippen molar-refractivity contribution in [3.8, 4) is 6.07 Å². The molecule has 0 aliphatic carbocycles. The quantitative estimate of drug-likeness (QED) is 0.708. The van der Waals surface area contributed by atoms with E-state index < -0.39 is 0 Å². The molecule has 14 heavy (non-hydrogen) atoms. The van der Waals surface area contributed by atoms with Gasteiger partial charge in [0.1, 0.15) is 11.4 Å². The Morgan fingerprint density at radius 2 is 2.50 bits per heavy atom. The monoisotopic (exact) mass is 209 g/mol. The van der Waals surface area contributed by atoms with Crippen LogP contribution in [0.25, 0.3) is 0 Å². The van der Waals surface area contributed by atoms with Crippen molar-refractivity contribution in [3.05, 3.63) is 16.1 Å². The van der Waals surface area contributed by atoms with Gasteiger partial charge in [0.05, 0.1) is 17.3 Å². The summed E-state index contributed by atoms with van der Waals surface area (Å²) < 4.78 is 0. The van der Waals surface area contributed by atoms with Crippen molar-refractivity contribution < 1.29 is 4.79 Å². The van der Waals surface area contributed by atoms with E-state index in [0.29, 0.717) is 11.4 Å². The Balaban J connectivity index is 2.84. The van der Waals surface area contributed by atoms with Gasteiger partial charge < -0.3 is 4.90 Å². The van der Waals surface area contributed by atoms with Crippen LogP contribution < -0.4 is 0 Å². The van der Waals surface area contributed by atoms with E-state index >= 15 is 0 Å². The first kappa shape index (κ1) is 10.7. The molecule has 0 atom stereocenters. The van der Waals surface area contributed by atoms with Crippen molar-refractivity contribution >= 4 is 17.2 Å². The Kier molecular flexibility index (Phi) is 3.60. The number of thiazole rings is 1. The molecule has 1 amide bonds. The lowest BCUT2D eigenvalue weighted by Gasteiger charge is -2.15. The molecular formula is C9H11N3OS. The third-order valence-corrected chi connectivity index (χ3v) is 2.79. The molecule has 0 aliphatic heterocycles. The molecule has 0 bridgehead atoms. The van der Waals surface area contributed by atoms with E-state index in [2.05, 4.69) is 4.98 Å². The molecule has 1 heterocycles. The highest BCUT2D eigenvalue weighted by molar-refractivity contribution is 7.11. The molecule has 1 aromatic heterocycles. The number of rotatable bonds is 3. The van der Waals surface area contributed by atoms with Crippen LogP contribution in [0.15, 0.2) is 5.51 Å². The van der Waals surface area contributed by atoms with Crippen LogP contribution in [0.2, 0.25) is 0 Å². The van der Waals surface area contributed by atoms with E-state index in [9.17, 15) is 4.79 Å². The van der Waals surface area contributed by atoms with Crippen molar-refractivity contribution in [2.45, 2.75) is 13.8 Å². The molecule has 0 spiro atoms. The summed E-state index contributed by atoms with van der Waals surface area (Å²) in [6.07, 6.45) is 0. The molecule has 0 saturated heterocycles. The normalized spacial score (nSPS) is 9.50.